The Labute approximate surface area is 87.9 Å². The van der Waals surface area contributed by atoms with E-state index in [1.165, 1.54) is 0 Å². The second kappa shape index (κ2) is 5.67. The van der Waals surface area contributed by atoms with Crippen molar-refractivity contribution in [1.29, 1.82) is 0 Å². The van der Waals surface area contributed by atoms with E-state index in [1.54, 1.807) is 4.90 Å². The maximum atomic E-state index is 11.6. The number of para-hydroxylation sites is 1. The molecule has 0 radical (unpaired) electrons. The van der Waals surface area contributed by atoms with Crippen LogP contribution in [0.15, 0.2) is 35.4 Å². The Kier molecular flexibility index (Phi) is 4.19. The Bertz CT molecular complexity index is 370. The summed E-state index contributed by atoms with van der Waals surface area (Å²) < 4.78 is 0. The number of nitrogens with zero attached hydrogens (tertiary/aromatic N) is 4. The summed E-state index contributed by atoms with van der Waals surface area (Å²) >= 11 is 0. The van der Waals surface area contributed by atoms with E-state index in [1.807, 2.05) is 37.3 Å². The smallest absolute Gasteiger partial charge is 0.232 e. The molecule has 0 heterocycles. The number of carbonyl (C=O) groups excluding carboxylic acids is 1. The summed E-state index contributed by atoms with van der Waals surface area (Å²) in [7, 11) is 0. The lowest BCUT2D eigenvalue weighted by atomic mass is 10.3. The maximum Gasteiger partial charge on any atom is 0.232 e. The molecule has 0 unspecified atom stereocenters. The number of amides is 1. The lowest BCUT2D eigenvalue weighted by Gasteiger charge is -2.19. The minimum Gasteiger partial charge on any atom is -0.313 e. The van der Waals surface area contributed by atoms with Crippen LogP contribution >= 0.6 is 0 Å². The summed E-state index contributed by atoms with van der Waals surface area (Å²) in [5.41, 5.74) is 8.95. The molecule has 5 heteroatoms. The number of likely N-dealkylation sites (N-methyl/N-ethyl adjacent to an activating group) is 1. The van der Waals surface area contributed by atoms with Crippen LogP contribution in [-0.2, 0) is 4.79 Å². The van der Waals surface area contributed by atoms with E-state index in [2.05, 4.69) is 10.0 Å². The van der Waals surface area contributed by atoms with Gasteiger partial charge in [-0.25, -0.2) is 0 Å². The van der Waals surface area contributed by atoms with Gasteiger partial charge in [0.15, 0.2) is 0 Å². The van der Waals surface area contributed by atoms with E-state index < -0.39 is 0 Å². The first-order valence-corrected chi connectivity index (χ1v) is 4.66. The summed E-state index contributed by atoms with van der Waals surface area (Å²) in [6.45, 7) is 2.30. The van der Waals surface area contributed by atoms with Gasteiger partial charge in [-0.05, 0) is 24.6 Å². The molecular formula is C10H12N4O. The van der Waals surface area contributed by atoms with Gasteiger partial charge >= 0.3 is 0 Å². The average Bonchev–Trinajstić information content (AvgIpc) is 2.29. The lowest BCUT2D eigenvalue weighted by Crippen LogP contribution is -2.32. The van der Waals surface area contributed by atoms with Crippen LogP contribution in [0.1, 0.15) is 6.92 Å². The zero-order valence-corrected chi connectivity index (χ0v) is 8.50. The zero-order chi connectivity index (χ0) is 11.1. The molecule has 0 aliphatic heterocycles. The van der Waals surface area contributed by atoms with Crippen molar-refractivity contribution in [1.82, 2.24) is 0 Å². The molecule has 0 aliphatic rings. The van der Waals surface area contributed by atoms with Gasteiger partial charge < -0.3 is 4.90 Å². The molecule has 78 valence electrons. The predicted octanol–water partition coefficient (Wildman–Crippen LogP) is 2.35. The van der Waals surface area contributed by atoms with E-state index in [9.17, 15) is 4.79 Å². The molecule has 0 atom stereocenters. The first-order valence-electron chi connectivity index (χ1n) is 4.66. The van der Waals surface area contributed by atoms with E-state index >= 15 is 0 Å². The van der Waals surface area contributed by atoms with Gasteiger partial charge in [-0.1, -0.05) is 23.3 Å². The fourth-order valence-corrected chi connectivity index (χ4v) is 1.29. The van der Waals surface area contributed by atoms with Crippen molar-refractivity contribution in [2.24, 2.45) is 5.11 Å². The molecule has 1 rings (SSSR count). The van der Waals surface area contributed by atoms with Gasteiger partial charge in [0, 0.05) is 17.1 Å². The van der Waals surface area contributed by atoms with Crippen LogP contribution in [0.4, 0.5) is 5.69 Å². The predicted molar refractivity (Wildman–Crippen MR) is 58.5 cm³/mol. The van der Waals surface area contributed by atoms with Crippen LogP contribution in [0.5, 0.6) is 0 Å². The number of hydrogen-bond donors (Lipinski definition) is 0. The van der Waals surface area contributed by atoms with Gasteiger partial charge in [-0.2, -0.15) is 0 Å². The van der Waals surface area contributed by atoms with Crippen molar-refractivity contribution < 1.29 is 4.79 Å². The first-order chi connectivity index (χ1) is 7.29. The molecule has 0 aromatic heterocycles. The summed E-state index contributed by atoms with van der Waals surface area (Å²) in [6.07, 6.45) is 0. The van der Waals surface area contributed by atoms with Crippen molar-refractivity contribution >= 4 is 11.6 Å². The fraction of sp³-hybridized carbons (Fsp3) is 0.300. The third-order valence-electron chi connectivity index (χ3n) is 1.95. The van der Waals surface area contributed by atoms with E-state index in [0.29, 0.717) is 6.54 Å². The SMILES string of the molecule is CCN(C(=O)CN=[N+]=[N-])c1ccccc1. The molecule has 0 saturated heterocycles. The van der Waals surface area contributed by atoms with Gasteiger partial charge in [-0.3, -0.25) is 4.79 Å². The third kappa shape index (κ3) is 3.00. The van der Waals surface area contributed by atoms with Crippen molar-refractivity contribution in [3.8, 4) is 0 Å². The van der Waals surface area contributed by atoms with Crippen LogP contribution in [-0.4, -0.2) is 19.0 Å². The van der Waals surface area contributed by atoms with Crippen LogP contribution in [0.2, 0.25) is 0 Å². The van der Waals surface area contributed by atoms with Crippen molar-refractivity contribution in [3.63, 3.8) is 0 Å². The number of rotatable bonds is 4. The monoisotopic (exact) mass is 204 g/mol. The third-order valence-corrected chi connectivity index (χ3v) is 1.95. The van der Waals surface area contributed by atoms with Crippen molar-refractivity contribution in [2.75, 3.05) is 18.0 Å². The number of hydrogen-bond acceptors (Lipinski definition) is 2. The van der Waals surface area contributed by atoms with Crippen LogP contribution in [0.25, 0.3) is 10.4 Å². The Morgan fingerprint density at radius 3 is 2.67 bits per heavy atom. The van der Waals surface area contributed by atoms with E-state index in [-0.39, 0.29) is 12.5 Å². The minimum absolute atomic E-state index is 0.140. The molecule has 0 spiro atoms. The molecule has 0 aliphatic carbocycles. The van der Waals surface area contributed by atoms with E-state index in [0.717, 1.165) is 5.69 Å². The molecule has 0 fully saturated rings. The Morgan fingerprint density at radius 1 is 1.47 bits per heavy atom. The molecular weight excluding hydrogens is 192 g/mol. The normalized spacial score (nSPS) is 9.13. The molecule has 1 aromatic carbocycles. The Balaban J connectivity index is 2.80. The maximum absolute atomic E-state index is 11.6. The minimum atomic E-state index is -0.193. The van der Waals surface area contributed by atoms with Gasteiger partial charge in [0.05, 0.1) is 0 Å². The molecule has 0 N–H and O–H groups in total. The molecule has 1 amide bonds. The molecule has 5 nitrogen and oxygen atoms in total. The highest BCUT2D eigenvalue weighted by molar-refractivity contribution is 5.94. The summed E-state index contributed by atoms with van der Waals surface area (Å²) in [4.78, 5) is 15.7. The van der Waals surface area contributed by atoms with Crippen molar-refractivity contribution in [3.05, 3.63) is 40.8 Å². The zero-order valence-electron chi connectivity index (χ0n) is 8.50. The molecule has 1 aromatic rings. The summed E-state index contributed by atoms with van der Waals surface area (Å²) in [5.74, 6) is -0.193. The van der Waals surface area contributed by atoms with Gasteiger partial charge in [0.2, 0.25) is 5.91 Å². The lowest BCUT2D eigenvalue weighted by molar-refractivity contribution is -0.117. The highest BCUT2D eigenvalue weighted by Gasteiger charge is 2.11. The second-order valence-corrected chi connectivity index (χ2v) is 2.86. The van der Waals surface area contributed by atoms with Gasteiger partial charge in [0.25, 0.3) is 0 Å². The quantitative estimate of drug-likeness (QED) is 0.421. The van der Waals surface area contributed by atoms with Crippen LogP contribution in [0.3, 0.4) is 0 Å². The number of azide groups is 1. The topological polar surface area (TPSA) is 69.1 Å². The average molecular weight is 204 g/mol. The number of carbonyl (C=O) groups is 1. The fourth-order valence-electron chi connectivity index (χ4n) is 1.29. The second-order valence-electron chi connectivity index (χ2n) is 2.86. The van der Waals surface area contributed by atoms with Crippen molar-refractivity contribution in [2.45, 2.75) is 6.92 Å². The Morgan fingerprint density at radius 2 is 2.13 bits per heavy atom. The highest BCUT2D eigenvalue weighted by Crippen LogP contribution is 2.12. The largest absolute Gasteiger partial charge is 0.313 e. The van der Waals surface area contributed by atoms with Crippen LogP contribution in [0, 0.1) is 0 Å². The van der Waals surface area contributed by atoms with Gasteiger partial charge in [-0.15, -0.1) is 0 Å². The molecule has 0 saturated carbocycles. The number of benzene rings is 1. The summed E-state index contributed by atoms with van der Waals surface area (Å²) in [6, 6.07) is 9.29. The highest BCUT2D eigenvalue weighted by atomic mass is 16.2. The molecule has 15 heavy (non-hydrogen) atoms. The standard InChI is InChI=1S/C10H12N4O/c1-2-14(10(15)8-12-13-11)9-6-4-3-5-7-9/h3-7H,2,8H2,1H3. The Hall–Kier alpha value is -2.00. The van der Waals surface area contributed by atoms with Gasteiger partial charge in [0.1, 0.15) is 6.54 Å². The van der Waals surface area contributed by atoms with E-state index in [4.69, 9.17) is 5.53 Å². The summed E-state index contributed by atoms with van der Waals surface area (Å²) in [5, 5.41) is 3.26. The first kappa shape index (κ1) is 11.1. The number of anilines is 1. The van der Waals surface area contributed by atoms with Crippen LogP contribution < -0.4 is 4.90 Å². The molecule has 0 bridgehead atoms.